The summed E-state index contributed by atoms with van der Waals surface area (Å²) in [6.07, 6.45) is 4.43. The number of hydrogen-bond acceptors (Lipinski definition) is 4. The highest BCUT2D eigenvalue weighted by molar-refractivity contribution is 7.98. The molecule has 0 aliphatic rings. The summed E-state index contributed by atoms with van der Waals surface area (Å²) in [6, 6.07) is 7.88. The number of fused-ring (bicyclic) bond motifs is 1. The molecule has 0 fully saturated rings. The lowest BCUT2D eigenvalue weighted by Crippen LogP contribution is -2.09. The van der Waals surface area contributed by atoms with Crippen LogP contribution in [0.15, 0.2) is 40.4 Å². The second-order valence-electron chi connectivity index (χ2n) is 4.64. The van der Waals surface area contributed by atoms with Gasteiger partial charge in [-0.05, 0) is 24.0 Å². The molecule has 0 spiro atoms. The van der Waals surface area contributed by atoms with E-state index in [9.17, 15) is 4.79 Å². The first-order valence-corrected chi connectivity index (χ1v) is 7.71. The van der Waals surface area contributed by atoms with E-state index in [1.165, 1.54) is 11.8 Å². The summed E-state index contributed by atoms with van der Waals surface area (Å²) in [6.45, 7) is 0. The summed E-state index contributed by atoms with van der Waals surface area (Å²) >= 11 is 1.42. The standard InChI is InChI=1S/C15H15N3O2S/c1-20-11-5-3-4-9(7-11)6-10-8-16-13-12(10)17-15(21-2)18-14(13)19/h3-5,7-8,16H,6H2,1-2H3,(H,17,18,19). The van der Waals surface area contributed by atoms with Gasteiger partial charge in [0.1, 0.15) is 16.8 Å². The van der Waals surface area contributed by atoms with Gasteiger partial charge in [-0.3, -0.25) is 9.78 Å². The highest BCUT2D eigenvalue weighted by Gasteiger charge is 2.11. The number of hydrogen-bond donors (Lipinski definition) is 2. The van der Waals surface area contributed by atoms with Gasteiger partial charge in [-0.2, -0.15) is 0 Å². The van der Waals surface area contributed by atoms with Crippen LogP contribution >= 0.6 is 11.8 Å². The summed E-state index contributed by atoms with van der Waals surface area (Å²) in [5.74, 6) is 0.822. The highest BCUT2D eigenvalue weighted by Crippen LogP contribution is 2.21. The maximum atomic E-state index is 12.0. The van der Waals surface area contributed by atoms with Crippen molar-refractivity contribution in [1.82, 2.24) is 15.0 Å². The van der Waals surface area contributed by atoms with Crippen molar-refractivity contribution >= 4 is 22.8 Å². The topological polar surface area (TPSA) is 70.8 Å². The minimum Gasteiger partial charge on any atom is -0.497 e. The Morgan fingerprint density at radius 3 is 3.00 bits per heavy atom. The molecule has 6 heteroatoms. The Bertz CT molecular complexity index is 838. The first kappa shape index (κ1) is 13.8. The monoisotopic (exact) mass is 301 g/mol. The number of methoxy groups -OCH3 is 1. The normalized spacial score (nSPS) is 11.0. The summed E-state index contributed by atoms with van der Waals surface area (Å²) in [5.41, 5.74) is 3.22. The average molecular weight is 301 g/mol. The molecule has 2 N–H and O–H groups in total. The maximum absolute atomic E-state index is 12.0. The molecule has 0 aliphatic heterocycles. The smallest absolute Gasteiger partial charge is 0.275 e. The largest absolute Gasteiger partial charge is 0.497 e. The molecule has 21 heavy (non-hydrogen) atoms. The fourth-order valence-electron chi connectivity index (χ4n) is 2.28. The van der Waals surface area contributed by atoms with Gasteiger partial charge in [-0.15, -0.1) is 0 Å². The zero-order valence-corrected chi connectivity index (χ0v) is 12.6. The van der Waals surface area contributed by atoms with Crippen LogP contribution in [0.3, 0.4) is 0 Å². The number of thioether (sulfide) groups is 1. The van der Waals surface area contributed by atoms with Gasteiger partial charge in [0, 0.05) is 18.2 Å². The van der Waals surface area contributed by atoms with Gasteiger partial charge >= 0.3 is 0 Å². The summed E-state index contributed by atoms with van der Waals surface area (Å²) < 4.78 is 5.24. The molecule has 0 atom stereocenters. The van der Waals surface area contributed by atoms with Crippen LogP contribution in [0, 0.1) is 0 Å². The minimum atomic E-state index is -0.138. The number of aromatic amines is 2. The van der Waals surface area contributed by atoms with Crippen molar-refractivity contribution in [2.24, 2.45) is 0 Å². The lowest BCUT2D eigenvalue weighted by Gasteiger charge is -2.04. The van der Waals surface area contributed by atoms with E-state index < -0.39 is 0 Å². The van der Waals surface area contributed by atoms with Crippen molar-refractivity contribution in [2.75, 3.05) is 13.4 Å². The highest BCUT2D eigenvalue weighted by atomic mass is 32.2. The second kappa shape index (κ2) is 5.65. The molecule has 0 bridgehead atoms. The van der Waals surface area contributed by atoms with Gasteiger partial charge < -0.3 is 9.72 Å². The van der Waals surface area contributed by atoms with E-state index in [-0.39, 0.29) is 5.56 Å². The fraction of sp³-hybridized carbons (Fsp3) is 0.200. The van der Waals surface area contributed by atoms with Gasteiger partial charge in [-0.1, -0.05) is 23.9 Å². The first-order valence-electron chi connectivity index (χ1n) is 6.48. The van der Waals surface area contributed by atoms with Crippen molar-refractivity contribution in [3.63, 3.8) is 0 Å². The third-order valence-electron chi connectivity index (χ3n) is 3.31. The predicted octanol–water partition coefficient (Wildman–Crippen LogP) is 2.57. The molecule has 0 aliphatic carbocycles. The van der Waals surface area contributed by atoms with Crippen LogP contribution in [0.4, 0.5) is 0 Å². The SMILES string of the molecule is COc1cccc(Cc2c[nH]c3c(=O)[nH]c(SC)nc23)c1. The van der Waals surface area contributed by atoms with Crippen LogP contribution < -0.4 is 10.3 Å². The van der Waals surface area contributed by atoms with Crippen molar-refractivity contribution in [2.45, 2.75) is 11.6 Å². The van der Waals surface area contributed by atoms with Crippen molar-refractivity contribution in [3.05, 3.63) is 51.9 Å². The number of benzene rings is 1. The third kappa shape index (κ3) is 2.67. The Morgan fingerprint density at radius 2 is 2.24 bits per heavy atom. The minimum absolute atomic E-state index is 0.138. The lowest BCUT2D eigenvalue weighted by atomic mass is 10.1. The Hall–Kier alpha value is -2.21. The van der Waals surface area contributed by atoms with Crippen molar-refractivity contribution in [1.29, 1.82) is 0 Å². The van der Waals surface area contributed by atoms with Crippen LogP contribution in [0.1, 0.15) is 11.1 Å². The molecule has 0 saturated carbocycles. The molecule has 0 amide bonds. The number of aromatic nitrogens is 3. The molecule has 0 radical (unpaired) electrons. The molecular formula is C15H15N3O2S. The van der Waals surface area contributed by atoms with E-state index in [1.807, 2.05) is 36.7 Å². The Morgan fingerprint density at radius 1 is 1.38 bits per heavy atom. The molecule has 2 heterocycles. The van der Waals surface area contributed by atoms with Crippen LogP contribution in [-0.4, -0.2) is 28.3 Å². The van der Waals surface area contributed by atoms with Crippen LogP contribution in [0.5, 0.6) is 5.75 Å². The van der Waals surface area contributed by atoms with E-state index in [0.717, 1.165) is 22.4 Å². The molecular weight excluding hydrogens is 286 g/mol. The first-order chi connectivity index (χ1) is 10.2. The van der Waals surface area contributed by atoms with Gasteiger partial charge in [0.05, 0.1) is 7.11 Å². The quantitative estimate of drug-likeness (QED) is 0.574. The van der Waals surface area contributed by atoms with Crippen molar-refractivity contribution in [3.8, 4) is 5.75 Å². The predicted molar refractivity (Wildman–Crippen MR) is 84.3 cm³/mol. The van der Waals surface area contributed by atoms with Gasteiger partial charge in [0.25, 0.3) is 5.56 Å². The number of nitrogens with one attached hydrogen (secondary N) is 2. The van der Waals surface area contributed by atoms with E-state index in [2.05, 4.69) is 15.0 Å². The molecule has 1 aromatic carbocycles. The Labute approximate surface area is 125 Å². The van der Waals surface area contributed by atoms with Crippen molar-refractivity contribution < 1.29 is 4.74 Å². The maximum Gasteiger partial charge on any atom is 0.275 e. The molecule has 5 nitrogen and oxygen atoms in total. The van der Waals surface area contributed by atoms with E-state index >= 15 is 0 Å². The molecule has 0 saturated heterocycles. The molecule has 3 rings (SSSR count). The Kier molecular flexibility index (Phi) is 3.70. The zero-order chi connectivity index (χ0) is 14.8. The van der Waals surface area contributed by atoms with E-state index in [0.29, 0.717) is 17.1 Å². The summed E-state index contributed by atoms with van der Waals surface area (Å²) in [4.78, 5) is 22.2. The molecule has 2 aromatic heterocycles. The number of rotatable bonds is 4. The van der Waals surface area contributed by atoms with Crippen LogP contribution in [0.25, 0.3) is 11.0 Å². The molecule has 0 unspecified atom stereocenters. The number of ether oxygens (including phenoxy) is 1. The fourth-order valence-corrected chi connectivity index (χ4v) is 2.66. The lowest BCUT2D eigenvalue weighted by molar-refractivity contribution is 0.414. The van der Waals surface area contributed by atoms with Crippen LogP contribution in [-0.2, 0) is 6.42 Å². The summed E-state index contributed by atoms with van der Waals surface area (Å²) in [7, 11) is 1.65. The second-order valence-corrected chi connectivity index (χ2v) is 5.44. The zero-order valence-electron chi connectivity index (χ0n) is 11.8. The number of H-pyrrole nitrogens is 2. The van der Waals surface area contributed by atoms with Gasteiger partial charge in [0.2, 0.25) is 0 Å². The number of nitrogens with zero attached hydrogens (tertiary/aromatic N) is 1. The summed E-state index contributed by atoms with van der Waals surface area (Å²) in [5, 5.41) is 0.624. The van der Waals surface area contributed by atoms with Gasteiger partial charge in [-0.25, -0.2) is 4.98 Å². The van der Waals surface area contributed by atoms with Gasteiger partial charge in [0.15, 0.2) is 5.16 Å². The average Bonchev–Trinajstić information content (AvgIpc) is 2.91. The van der Waals surface area contributed by atoms with E-state index in [4.69, 9.17) is 4.74 Å². The van der Waals surface area contributed by atoms with Crippen LogP contribution in [0.2, 0.25) is 0 Å². The van der Waals surface area contributed by atoms with E-state index in [1.54, 1.807) is 7.11 Å². The molecule has 3 aromatic rings. The molecule has 108 valence electrons. The third-order valence-corrected chi connectivity index (χ3v) is 3.89. The Balaban J connectivity index is 2.04.